The van der Waals surface area contributed by atoms with Gasteiger partial charge in [-0.2, -0.15) is 0 Å². The fraction of sp³-hybridized carbons (Fsp3) is 0.286. The van der Waals surface area contributed by atoms with E-state index >= 15 is 0 Å². The number of nitrogens with zero attached hydrogens (tertiary/aromatic N) is 5. The molecule has 4 aromatic heterocycles. The summed E-state index contributed by atoms with van der Waals surface area (Å²) in [5, 5.41) is 3.07. The van der Waals surface area contributed by atoms with Crippen LogP contribution in [0.1, 0.15) is 25.2 Å². The smallest absolute Gasteiger partial charge is 0.215 e. The summed E-state index contributed by atoms with van der Waals surface area (Å²) in [4.78, 5) is 20.9. The Morgan fingerprint density at radius 3 is 2.00 bits per heavy atom. The number of aryl methyl sites for hydroxylation is 2. The third-order valence-corrected chi connectivity index (χ3v) is 6.01. The molecule has 11 heteroatoms. The summed E-state index contributed by atoms with van der Waals surface area (Å²) in [6.45, 7) is 3.96. The van der Waals surface area contributed by atoms with E-state index in [1.807, 2.05) is 25.3 Å². The van der Waals surface area contributed by atoms with Crippen LogP contribution in [0.4, 0.5) is 20.4 Å². The minimum absolute atomic E-state index is 0.294. The van der Waals surface area contributed by atoms with Crippen molar-refractivity contribution in [2.75, 3.05) is 24.3 Å². The molecule has 4 aromatic rings. The molecule has 0 aliphatic heterocycles. The monoisotopic (exact) mass is 570 g/mol. The number of anilines is 2. The van der Waals surface area contributed by atoms with Gasteiger partial charge in [0.25, 0.3) is 0 Å². The molecular formula is C21H22Br2F2N6O. The van der Waals surface area contributed by atoms with Crippen LogP contribution in [0, 0.1) is 11.6 Å². The van der Waals surface area contributed by atoms with Gasteiger partial charge in [0.05, 0.1) is 20.3 Å². The van der Waals surface area contributed by atoms with Gasteiger partial charge in [-0.15, -0.1) is 0 Å². The molecule has 0 fully saturated rings. The summed E-state index contributed by atoms with van der Waals surface area (Å²) in [5.74, 6) is 0.912. The van der Waals surface area contributed by atoms with Gasteiger partial charge in [-0.1, -0.05) is 13.8 Å². The summed E-state index contributed by atoms with van der Waals surface area (Å²) < 4.78 is 31.0. The fourth-order valence-electron chi connectivity index (χ4n) is 3.34. The number of carbonyl (C=O) groups is 1. The summed E-state index contributed by atoms with van der Waals surface area (Å²) >= 11 is 6.28. The fourth-order valence-corrected chi connectivity index (χ4v) is 3.97. The molecule has 0 aromatic carbocycles. The van der Waals surface area contributed by atoms with Gasteiger partial charge in [-0.3, -0.25) is 13.6 Å². The molecule has 1 N–H and O–H groups in total. The van der Waals surface area contributed by atoms with Crippen LogP contribution in [0.3, 0.4) is 0 Å². The van der Waals surface area contributed by atoms with Crippen LogP contribution in [0.5, 0.6) is 0 Å². The normalized spacial score (nSPS) is 10.9. The van der Waals surface area contributed by atoms with Crippen molar-refractivity contribution >= 4 is 61.2 Å². The second-order valence-electron chi connectivity index (χ2n) is 6.86. The lowest BCUT2D eigenvalue weighted by molar-refractivity contribution is -0.107. The predicted octanol–water partition coefficient (Wildman–Crippen LogP) is 5.23. The summed E-state index contributed by atoms with van der Waals surface area (Å²) in [6.07, 6.45) is 5.46. The van der Waals surface area contributed by atoms with Crippen LogP contribution >= 0.6 is 31.9 Å². The van der Waals surface area contributed by atoms with E-state index in [1.54, 1.807) is 23.8 Å². The third-order valence-electron chi connectivity index (χ3n) is 4.84. The molecule has 0 atom stereocenters. The average Bonchev–Trinajstić information content (AvgIpc) is 3.31. The zero-order valence-electron chi connectivity index (χ0n) is 18.0. The Morgan fingerprint density at radius 1 is 1.00 bits per heavy atom. The predicted molar refractivity (Wildman–Crippen MR) is 128 cm³/mol. The molecule has 0 saturated carbocycles. The van der Waals surface area contributed by atoms with Crippen molar-refractivity contribution < 1.29 is 13.6 Å². The molecule has 4 heterocycles. The third kappa shape index (κ3) is 4.49. The first-order valence-corrected chi connectivity index (χ1v) is 11.4. The van der Waals surface area contributed by atoms with Crippen LogP contribution in [0.15, 0.2) is 33.5 Å². The van der Waals surface area contributed by atoms with Gasteiger partial charge >= 0.3 is 0 Å². The highest BCUT2D eigenvalue weighted by Crippen LogP contribution is 2.26. The van der Waals surface area contributed by atoms with Gasteiger partial charge in [-0.05, 0) is 44.7 Å². The van der Waals surface area contributed by atoms with E-state index in [4.69, 9.17) is 0 Å². The number of fused-ring (bicyclic) bond motifs is 2. The lowest BCUT2D eigenvalue weighted by Gasteiger charge is -2.12. The molecule has 0 aliphatic carbocycles. The number of hydrogen-bond donors (Lipinski definition) is 1. The Hall–Kier alpha value is -2.53. The van der Waals surface area contributed by atoms with E-state index in [2.05, 4.69) is 47.1 Å². The number of amides is 1. The molecule has 7 nitrogen and oxygen atoms in total. The van der Waals surface area contributed by atoms with Crippen LogP contribution in [0.25, 0.3) is 11.3 Å². The van der Waals surface area contributed by atoms with Crippen LogP contribution in [-0.4, -0.2) is 39.3 Å². The van der Waals surface area contributed by atoms with Crippen molar-refractivity contribution in [2.45, 2.75) is 26.7 Å². The highest BCUT2D eigenvalue weighted by atomic mass is 79.9. The molecule has 0 bridgehead atoms. The molecular weight excluding hydrogens is 550 g/mol. The molecule has 0 radical (unpaired) electrons. The Morgan fingerprint density at radius 2 is 1.50 bits per heavy atom. The van der Waals surface area contributed by atoms with E-state index < -0.39 is 0 Å². The van der Waals surface area contributed by atoms with Crippen molar-refractivity contribution in [3.63, 3.8) is 0 Å². The van der Waals surface area contributed by atoms with E-state index in [9.17, 15) is 13.6 Å². The zero-order valence-corrected chi connectivity index (χ0v) is 21.1. The van der Waals surface area contributed by atoms with Gasteiger partial charge < -0.3 is 10.2 Å². The maximum absolute atomic E-state index is 13.4. The van der Waals surface area contributed by atoms with Crippen LogP contribution in [-0.2, 0) is 17.6 Å². The van der Waals surface area contributed by atoms with Gasteiger partial charge in [0, 0.05) is 38.6 Å². The summed E-state index contributed by atoms with van der Waals surface area (Å²) in [6, 6.07) is 2.76. The first-order valence-electron chi connectivity index (χ1n) is 9.83. The maximum Gasteiger partial charge on any atom is 0.215 e. The van der Waals surface area contributed by atoms with Crippen molar-refractivity contribution in [2.24, 2.45) is 0 Å². The molecule has 4 rings (SSSR count). The number of carbonyl (C=O) groups excluding carboxylic acids is 1. The van der Waals surface area contributed by atoms with E-state index in [-0.39, 0.29) is 11.6 Å². The maximum atomic E-state index is 13.4. The molecule has 1 amide bonds. The van der Waals surface area contributed by atoms with Crippen LogP contribution < -0.4 is 10.2 Å². The Labute approximate surface area is 200 Å². The van der Waals surface area contributed by atoms with Crippen molar-refractivity contribution in [1.29, 1.82) is 0 Å². The highest BCUT2D eigenvalue weighted by molar-refractivity contribution is 9.10. The summed E-state index contributed by atoms with van der Waals surface area (Å²) in [7, 11) is 3.48. The Balaban J connectivity index is 0.000000182. The first kappa shape index (κ1) is 24.1. The molecule has 0 unspecified atom stereocenters. The Kier molecular flexibility index (Phi) is 7.50. The quantitative estimate of drug-likeness (QED) is 0.333. The van der Waals surface area contributed by atoms with Crippen molar-refractivity contribution in [3.05, 3.63) is 56.5 Å². The van der Waals surface area contributed by atoms with Gasteiger partial charge in [0.2, 0.25) is 6.41 Å². The average molecular weight is 572 g/mol. The molecule has 170 valence electrons. The van der Waals surface area contributed by atoms with E-state index in [0.717, 1.165) is 23.6 Å². The number of aromatic nitrogens is 4. The number of nitrogens with one attached hydrogen (secondary N) is 1. The van der Waals surface area contributed by atoms with Gasteiger partial charge in [-0.25, -0.2) is 18.7 Å². The highest BCUT2D eigenvalue weighted by Gasteiger charge is 2.16. The molecule has 32 heavy (non-hydrogen) atoms. The number of hydrogen-bond acceptors (Lipinski definition) is 4. The summed E-state index contributed by atoms with van der Waals surface area (Å²) in [5.41, 5.74) is 2.82. The molecule has 0 aliphatic rings. The van der Waals surface area contributed by atoms with Crippen molar-refractivity contribution in [3.8, 4) is 0 Å². The second kappa shape index (κ2) is 9.95. The molecule has 0 saturated heterocycles. The zero-order chi connectivity index (χ0) is 23.6. The SMILES string of the molecule is CCc1nc2cc(F)c(Br)cn2c1N(C)C=O.CCc1nc2cc(F)c(Br)cn2c1NC. The van der Waals surface area contributed by atoms with E-state index in [1.165, 1.54) is 17.0 Å². The largest absolute Gasteiger partial charge is 0.373 e. The minimum Gasteiger partial charge on any atom is -0.373 e. The van der Waals surface area contributed by atoms with E-state index in [0.29, 0.717) is 38.9 Å². The van der Waals surface area contributed by atoms with Gasteiger partial charge in [0.15, 0.2) is 0 Å². The number of pyridine rings is 2. The van der Waals surface area contributed by atoms with Crippen LogP contribution in [0.2, 0.25) is 0 Å². The number of rotatable bonds is 5. The minimum atomic E-state index is -0.370. The van der Waals surface area contributed by atoms with Crippen molar-refractivity contribution in [1.82, 2.24) is 18.8 Å². The first-order chi connectivity index (χ1) is 15.2. The Bertz CT molecular complexity index is 1290. The topological polar surface area (TPSA) is 66.9 Å². The van der Waals surface area contributed by atoms with Gasteiger partial charge in [0.1, 0.15) is 34.6 Å². The number of halogens is 4. The molecule has 0 spiro atoms. The number of imidazole rings is 2. The standard InChI is InChI=1S/C11H11BrFN3O.C10H11BrFN3/c1-3-9-11(15(2)6-17)16-5-7(12)8(13)4-10(16)14-9;1-3-8-10(13-2)15-5-6(11)7(12)4-9(15)14-8/h4-6H,3H2,1-2H3;4-5,13H,3H2,1-2H3. The second-order valence-corrected chi connectivity index (χ2v) is 8.57. The lowest BCUT2D eigenvalue weighted by atomic mass is 10.3. The lowest BCUT2D eigenvalue weighted by Crippen LogP contribution is -2.17.